The number of hydrogen-bond donors (Lipinski definition) is 1. The normalized spacial score (nSPS) is 10.6. The molecule has 0 aliphatic rings. The Hall–Kier alpha value is -3.08. The Morgan fingerprint density at radius 2 is 1.79 bits per heavy atom. The summed E-state index contributed by atoms with van der Waals surface area (Å²) in [5.41, 5.74) is 2.26. The highest BCUT2D eigenvalue weighted by Gasteiger charge is 2.16. The van der Waals surface area contributed by atoms with Gasteiger partial charge in [0.15, 0.2) is 0 Å². The topological polar surface area (TPSA) is 60.3 Å². The molecule has 3 rings (SSSR count). The summed E-state index contributed by atoms with van der Waals surface area (Å²) in [5.74, 6) is 0.00871. The van der Waals surface area contributed by atoms with Crippen LogP contribution in [0.4, 0.5) is 0 Å². The minimum absolute atomic E-state index is 0.139. The van der Waals surface area contributed by atoms with Crippen LogP contribution in [-0.2, 0) is 18.3 Å². The van der Waals surface area contributed by atoms with E-state index in [9.17, 15) is 9.59 Å². The van der Waals surface area contributed by atoms with E-state index in [2.05, 4.69) is 5.32 Å². The molecule has 5 heteroatoms. The first kappa shape index (κ1) is 15.8. The molecule has 2 aromatic carbocycles. The quantitative estimate of drug-likeness (QED) is 0.803. The fourth-order valence-corrected chi connectivity index (χ4v) is 2.69. The molecule has 0 atom stereocenters. The lowest BCUT2D eigenvalue weighted by atomic mass is 10.1. The maximum absolute atomic E-state index is 12.4. The third-order valence-electron chi connectivity index (χ3n) is 3.92. The van der Waals surface area contributed by atoms with Gasteiger partial charge in [-0.05, 0) is 23.8 Å². The maximum atomic E-state index is 12.4. The zero-order valence-corrected chi connectivity index (χ0v) is 13.6. The molecule has 0 aliphatic carbocycles. The number of fused-ring (bicyclic) bond motifs is 1. The van der Waals surface area contributed by atoms with Crippen LogP contribution in [0.5, 0.6) is 5.75 Å². The number of amides is 2. The molecule has 1 N–H and O–H groups in total. The van der Waals surface area contributed by atoms with E-state index < -0.39 is 0 Å². The smallest absolute Gasteiger partial charge is 0.260 e. The van der Waals surface area contributed by atoms with Crippen molar-refractivity contribution in [3.05, 3.63) is 65.9 Å². The Labute approximate surface area is 139 Å². The van der Waals surface area contributed by atoms with Gasteiger partial charge in [0, 0.05) is 24.1 Å². The number of benzene rings is 2. The molecule has 0 spiro atoms. The molecule has 5 nitrogen and oxygen atoms in total. The summed E-state index contributed by atoms with van der Waals surface area (Å²) >= 11 is 0. The SMILES string of the molecule is COc1ccc(CC(=O)NC(=O)c2cn(C)c3ccccc23)cc1. The molecule has 0 unspecified atom stereocenters. The van der Waals surface area contributed by atoms with Crippen LogP contribution >= 0.6 is 0 Å². The summed E-state index contributed by atoms with van der Waals surface area (Å²) < 4.78 is 6.96. The molecule has 0 aliphatic heterocycles. The molecule has 122 valence electrons. The summed E-state index contributed by atoms with van der Waals surface area (Å²) in [6.45, 7) is 0. The van der Waals surface area contributed by atoms with Gasteiger partial charge in [0.1, 0.15) is 5.75 Å². The zero-order valence-electron chi connectivity index (χ0n) is 13.6. The van der Waals surface area contributed by atoms with Crippen LogP contribution in [0, 0.1) is 0 Å². The predicted octanol–water partition coefficient (Wildman–Crippen LogP) is 2.69. The molecule has 0 saturated carbocycles. The van der Waals surface area contributed by atoms with E-state index in [-0.39, 0.29) is 18.2 Å². The van der Waals surface area contributed by atoms with Gasteiger partial charge >= 0.3 is 0 Å². The number of nitrogens with zero attached hydrogens (tertiary/aromatic N) is 1. The number of nitrogens with one attached hydrogen (secondary N) is 1. The fraction of sp³-hybridized carbons (Fsp3) is 0.158. The minimum Gasteiger partial charge on any atom is -0.497 e. The van der Waals surface area contributed by atoms with Crippen molar-refractivity contribution in [2.45, 2.75) is 6.42 Å². The molecule has 24 heavy (non-hydrogen) atoms. The van der Waals surface area contributed by atoms with Gasteiger partial charge in [0.25, 0.3) is 5.91 Å². The second-order valence-corrected chi connectivity index (χ2v) is 5.57. The van der Waals surface area contributed by atoms with Crippen LogP contribution in [0.2, 0.25) is 0 Å². The van der Waals surface area contributed by atoms with E-state index in [1.807, 2.05) is 35.9 Å². The van der Waals surface area contributed by atoms with Crippen molar-refractivity contribution in [1.82, 2.24) is 9.88 Å². The standard InChI is InChI=1S/C19H18N2O3/c1-21-12-16(15-5-3-4-6-17(15)21)19(23)20-18(22)11-13-7-9-14(24-2)10-8-13/h3-10,12H,11H2,1-2H3,(H,20,22,23). The van der Waals surface area contributed by atoms with Crippen molar-refractivity contribution in [3.63, 3.8) is 0 Å². The van der Waals surface area contributed by atoms with Crippen molar-refractivity contribution in [2.24, 2.45) is 7.05 Å². The average Bonchev–Trinajstić information content (AvgIpc) is 2.93. The van der Waals surface area contributed by atoms with E-state index in [4.69, 9.17) is 4.74 Å². The summed E-state index contributed by atoms with van der Waals surface area (Å²) in [4.78, 5) is 24.5. The second-order valence-electron chi connectivity index (χ2n) is 5.57. The molecule has 0 bridgehead atoms. The molecule has 2 amide bonds. The Balaban J connectivity index is 1.72. The van der Waals surface area contributed by atoms with Crippen molar-refractivity contribution < 1.29 is 14.3 Å². The Bertz CT molecular complexity index is 895. The van der Waals surface area contributed by atoms with Crippen LogP contribution in [0.25, 0.3) is 10.9 Å². The Kier molecular flexibility index (Phi) is 4.33. The van der Waals surface area contributed by atoms with Gasteiger partial charge in [0.05, 0.1) is 19.1 Å². The highest BCUT2D eigenvalue weighted by Crippen LogP contribution is 2.20. The van der Waals surface area contributed by atoms with Gasteiger partial charge in [-0.2, -0.15) is 0 Å². The molecular weight excluding hydrogens is 304 g/mol. The lowest BCUT2D eigenvalue weighted by Crippen LogP contribution is -2.31. The largest absolute Gasteiger partial charge is 0.497 e. The number of para-hydroxylation sites is 1. The number of methoxy groups -OCH3 is 1. The third kappa shape index (κ3) is 3.15. The van der Waals surface area contributed by atoms with Gasteiger partial charge in [-0.25, -0.2) is 0 Å². The number of imide groups is 1. The predicted molar refractivity (Wildman–Crippen MR) is 92.1 cm³/mol. The van der Waals surface area contributed by atoms with E-state index >= 15 is 0 Å². The van der Waals surface area contributed by atoms with Gasteiger partial charge < -0.3 is 9.30 Å². The molecule has 0 fully saturated rings. The summed E-state index contributed by atoms with van der Waals surface area (Å²) in [6, 6.07) is 14.8. The second kappa shape index (κ2) is 6.58. The van der Waals surface area contributed by atoms with Gasteiger partial charge in [-0.15, -0.1) is 0 Å². The number of carbonyl (C=O) groups is 2. The first-order valence-electron chi connectivity index (χ1n) is 7.59. The average molecular weight is 322 g/mol. The highest BCUT2D eigenvalue weighted by molar-refractivity contribution is 6.12. The highest BCUT2D eigenvalue weighted by atomic mass is 16.5. The summed E-state index contributed by atoms with van der Waals surface area (Å²) in [5, 5.41) is 3.28. The number of aryl methyl sites for hydroxylation is 1. The number of rotatable bonds is 4. The van der Waals surface area contributed by atoms with E-state index in [1.54, 1.807) is 37.6 Å². The van der Waals surface area contributed by atoms with Crippen LogP contribution < -0.4 is 10.1 Å². The van der Waals surface area contributed by atoms with Crippen molar-refractivity contribution in [2.75, 3.05) is 7.11 Å². The number of ether oxygens (including phenoxy) is 1. The Morgan fingerprint density at radius 1 is 1.08 bits per heavy atom. The molecular formula is C19H18N2O3. The third-order valence-corrected chi connectivity index (χ3v) is 3.92. The van der Waals surface area contributed by atoms with Crippen LogP contribution in [0.3, 0.4) is 0 Å². The van der Waals surface area contributed by atoms with Crippen molar-refractivity contribution in [1.29, 1.82) is 0 Å². The zero-order chi connectivity index (χ0) is 17.1. The lowest BCUT2D eigenvalue weighted by molar-refractivity contribution is -0.119. The first-order valence-corrected chi connectivity index (χ1v) is 7.59. The van der Waals surface area contributed by atoms with Crippen molar-refractivity contribution in [3.8, 4) is 5.75 Å². The van der Waals surface area contributed by atoms with Gasteiger partial charge in [-0.1, -0.05) is 30.3 Å². The number of carbonyl (C=O) groups excluding carboxylic acids is 2. The minimum atomic E-state index is -0.384. The maximum Gasteiger partial charge on any atom is 0.260 e. The van der Waals surface area contributed by atoms with Gasteiger partial charge in [0.2, 0.25) is 5.91 Å². The molecule has 0 saturated heterocycles. The molecule has 0 radical (unpaired) electrons. The van der Waals surface area contributed by atoms with E-state index in [0.717, 1.165) is 22.2 Å². The Morgan fingerprint density at radius 3 is 2.50 bits per heavy atom. The molecule has 1 aromatic heterocycles. The number of hydrogen-bond acceptors (Lipinski definition) is 3. The van der Waals surface area contributed by atoms with E-state index in [1.165, 1.54) is 0 Å². The molecule has 3 aromatic rings. The first-order chi connectivity index (χ1) is 11.6. The van der Waals surface area contributed by atoms with Crippen LogP contribution in [-0.4, -0.2) is 23.5 Å². The van der Waals surface area contributed by atoms with Crippen molar-refractivity contribution >= 4 is 22.7 Å². The van der Waals surface area contributed by atoms with Crippen LogP contribution in [0.15, 0.2) is 54.7 Å². The van der Waals surface area contributed by atoms with E-state index in [0.29, 0.717) is 5.56 Å². The summed E-state index contributed by atoms with van der Waals surface area (Å²) in [7, 11) is 3.46. The monoisotopic (exact) mass is 322 g/mol. The number of aromatic nitrogens is 1. The summed E-state index contributed by atoms with van der Waals surface area (Å²) in [6.07, 6.45) is 1.88. The lowest BCUT2D eigenvalue weighted by Gasteiger charge is -2.05. The van der Waals surface area contributed by atoms with Gasteiger partial charge in [-0.3, -0.25) is 14.9 Å². The van der Waals surface area contributed by atoms with Crippen LogP contribution in [0.1, 0.15) is 15.9 Å². The fourth-order valence-electron chi connectivity index (χ4n) is 2.69. The molecule has 1 heterocycles.